The van der Waals surface area contributed by atoms with Gasteiger partial charge in [0.05, 0.1) is 0 Å². The van der Waals surface area contributed by atoms with Gasteiger partial charge in [-0.05, 0) is 24.6 Å². The van der Waals surface area contributed by atoms with Crippen molar-refractivity contribution in [2.75, 3.05) is 0 Å². The summed E-state index contributed by atoms with van der Waals surface area (Å²) in [6.45, 7) is 9.36. The molecule has 1 rings (SSSR count). The molecule has 0 radical (unpaired) electrons. The summed E-state index contributed by atoms with van der Waals surface area (Å²) in [5, 5.41) is 0. The summed E-state index contributed by atoms with van der Waals surface area (Å²) in [6, 6.07) is 5.94. The highest BCUT2D eigenvalue weighted by molar-refractivity contribution is 5.65. The molecule has 0 bridgehead atoms. The number of allylic oxidation sites excluding steroid dienone is 1. The van der Waals surface area contributed by atoms with E-state index in [1.165, 1.54) is 4.68 Å². The molecule has 2 heteroatoms. The first kappa shape index (κ1) is 10.3. The SMILES string of the molecule is C=Cc1cc(/C=C/C)ccc1[N+](=C)N. The summed E-state index contributed by atoms with van der Waals surface area (Å²) in [7, 11) is 0. The van der Waals surface area contributed by atoms with E-state index in [1.807, 2.05) is 37.3 Å². The zero-order valence-electron chi connectivity index (χ0n) is 8.40. The van der Waals surface area contributed by atoms with Crippen LogP contribution in [-0.4, -0.2) is 11.4 Å². The average molecular weight is 187 g/mol. The van der Waals surface area contributed by atoms with Gasteiger partial charge in [0.15, 0.2) is 6.72 Å². The minimum Gasteiger partial charge on any atom is -0.205 e. The van der Waals surface area contributed by atoms with E-state index in [-0.39, 0.29) is 0 Å². The Hall–Kier alpha value is -1.83. The maximum atomic E-state index is 5.57. The second-order valence-corrected chi connectivity index (χ2v) is 2.99. The second-order valence-electron chi connectivity index (χ2n) is 2.99. The number of hydrazone groups is 1. The van der Waals surface area contributed by atoms with E-state index in [2.05, 4.69) is 13.3 Å². The van der Waals surface area contributed by atoms with Gasteiger partial charge < -0.3 is 0 Å². The van der Waals surface area contributed by atoms with Gasteiger partial charge in [-0.2, -0.15) is 0 Å². The predicted molar refractivity (Wildman–Crippen MR) is 62.5 cm³/mol. The zero-order valence-corrected chi connectivity index (χ0v) is 8.40. The van der Waals surface area contributed by atoms with Gasteiger partial charge in [-0.3, -0.25) is 0 Å². The smallest absolute Gasteiger partial charge is 0.205 e. The average Bonchev–Trinajstić information content (AvgIpc) is 2.17. The predicted octanol–water partition coefficient (Wildman–Crippen LogP) is 2.58. The van der Waals surface area contributed by atoms with Gasteiger partial charge in [-0.15, -0.1) is 0 Å². The van der Waals surface area contributed by atoms with Gasteiger partial charge in [0, 0.05) is 11.6 Å². The molecule has 1 aromatic carbocycles. The lowest BCUT2D eigenvalue weighted by molar-refractivity contribution is -0.442. The number of benzene rings is 1. The van der Waals surface area contributed by atoms with E-state index in [0.717, 1.165) is 16.8 Å². The van der Waals surface area contributed by atoms with Crippen LogP contribution in [0.1, 0.15) is 18.1 Å². The van der Waals surface area contributed by atoms with Crippen LogP contribution >= 0.6 is 0 Å². The molecule has 0 atom stereocenters. The van der Waals surface area contributed by atoms with Crippen molar-refractivity contribution in [1.29, 1.82) is 0 Å². The van der Waals surface area contributed by atoms with Crippen molar-refractivity contribution in [1.82, 2.24) is 0 Å². The van der Waals surface area contributed by atoms with Crippen molar-refractivity contribution in [2.24, 2.45) is 5.84 Å². The lowest BCUT2D eigenvalue weighted by Crippen LogP contribution is -2.11. The Bertz CT molecular complexity index is 389. The molecule has 0 heterocycles. The van der Waals surface area contributed by atoms with Crippen molar-refractivity contribution < 1.29 is 4.68 Å². The molecule has 72 valence electrons. The Morgan fingerprint density at radius 3 is 2.64 bits per heavy atom. The standard InChI is InChI=1S/C12H15N2/c1-4-6-10-7-8-12(14(3)13)11(5-2)9-10/h4-9H,2-3,13H2,1H3/q+1/b6-4+. The number of rotatable bonds is 3. The third-order valence-corrected chi connectivity index (χ3v) is 1.94. The second kappa shape index (κ2) is 4.42. The fourth-order valence-electron chi connectivity index (χ4n) is 1.29. The van der Waals surface area contributed by atoms with Crippen LogP contribution in [0.5, 0.6) is 0 Å². The Labute approximate surface area is 84.7 Å². The molecule has 2 nitrogen and oxygen atoms in total. The fraction of sp³-hybridized carbons (Fsp3) is 0.0833. The van der Waals surface area contributed by atoms with E-state index in [9.17, 15) is 0 Å². The first-order valence-corrected chi connectivity index (χ1v) is 4.43. The summed E-state index contributed by atoms with van der Waals surface area (Å²) >= 11 is 0. The first-order valence-electron chi connectivity index (χ1n) is 4.43. The lowest BCUT2D eigenvalue weighted by Gasteiger charge is -2.00. The molecule has 0 fully saturated rings. The van der Waals surface area contributed by atoms with Crippen LogP contribution in [0.15, 0.2) is 30.9 Å². The summed E-state index contributed by atoms with van der Waals surface area (Å²) in [6.07, 6.45) is 5.79. The van der Waals surface area contributed by atoms with Crippen molar-refractivity contribution in [3.05, 3.63) is 42.0 Å². The largest absolute Gasteiger partial charge is 0.241 e. The van der Waals surface area contributed by atoms with Crippen molar-refractivity contribution in [2.45, 2.75) is 6.92 Å². The lowest BCUT2D eigenvalue weighted by atomic mass is 10.1. The molecule has 14 heavy (non-hydrogen) atoms. The van der Waals surface area contributed by atoms with E-state index in [0.29, 0.717) is 0 Å². The van der Waals surface area contributed by atoms with Crippen LogP contribution in [0.25, 0.3) is 12.2 Å². The Balaban J connectivity index is 3.24. The van der Waals surface area contributed by atoms with Crippen LogP contribution < -0.4 is 5.84 Å². The van der Waals surface area contributed by atoms with Gasteiger partial charge in [0.1, 0.15) is 0 Å². The van der Waals surface area contributed by atoms with Gasteiger partial charge in [-0.25, -0.2) is 5.84 Å². The topological polar surface area (TPSA) is 29.0 Å². The highest BCUT2D eigenvalue weighted by Crippen LogP contribution is 2.20. The van der Waals surface area contributed by atoms with E-state index < -0.39 is 0 Å². The molecule has 0 spiro atoms. The number of nitrogens with zero attached hydrogens (tertiary/aromatic N) is 1. The van der Waals surface area contributed by atoms with Crippen LogP contribution in [-0.2, 0) is 0 Å². The van der Waals surface area contributed by atoms with Crippen molar-refractivity contribution in [3.8, 4) is 0 Å². The fourth-order valence-corrected chi connectivity index (χ4v) is 1.29. The first-order chi connectivity index (χ1) is 6.69. The molecule has 0 aliphatic heterocycles. The number of hydrogen-bond donors (Lipinski definition) is 1. The van der Waals surface area contributed by atoms with Crippen molar-refractivity contribution >= 4 is 24.6 Å². The van der Waals surface area contributed by atoms with Crippen LogP contribution in [0, 0.1) is 0 Å². The minimum absolute atomic E-state index is 0.869. The van der Waals surface area contributed by atoms with E-state index >= 15 is 0 Å². The molecule has 0 aliphatic carbocycles. The monoisotopic (exact) mass is 187 g/mol. The van der Waals surface area contributed by atoms with E-state index in [4.69, 9.17) is 5.84 Å². The highest BCUT2D eigenvalue weighted by atomic mass is 15.3. The maximum Gasteiger partial charge on any atom is 0.241 e. The molecule has 0 unspecified atom stereocenters. The number of hydrogen-bond acceptors (Lipinski definition) is 1. The van der Waals surface area contributed by atoms with Crippen LogP contribution in [0.3, 0.4) is 0 Å². The molecular formula is C12H15N2+. The molecule has 1 aromatic rings. The zero-order chi connectivity index (χ0) is 10.6. The Morgan fingerprint density at radius 2 is 2.14 bits per heavy atom. The maximum absolute atomic E-state index is 5.57. The third-order valence-electron chi connectivity index (χ3n) is 1.94. The van der Waals surface area contributed by atoms with Crippen molar-refractivity contribution in [3.63, 3.8) is 0 Å². The molecule has 0 saturated heterocycles. The summed E-state index contributed by atoms with van der Waals surface area (Å²) in [4.78, 5) is 0. The summed E-state index contributed by atoms with van der Waals surface area (Å²) in [5.41, 5.74) is 2.99. The van der Waals surface area contributed by atoms with Gasteiger partial charge in [0.25, 0.3) is 0 Å². The molecule has 0 saturated carbocycles. The van der Waals surface area contributed by atoms with Crippen LogP contribution in [0.2, 0.25) is 0 Å². The Kier molecular flexibility index (Phi) is 3.24. The normalized spacial score (nSPS) is 10.4. The number of nitrogens with two attached hydrogens (primary N) is 1. The molecule has 2 N–H and O–H groups in total. The van der Waals surface area contributed by atoms with Crippen LogP contribution in [0.4, 0.5) is 5.69 Å². The molecule has 0 aromatic heterocycles. The minimum atomic E-state index is 0.869. The molecule has 0 aliphatic rings. The summed E-state index contributed by atoms with van der Waals surface area (Å²) < 4.78 is 1.34. The summed E-state index contributed by atoms with van der Waals surface area (Å²) in [5.74, 6) is 5.57. The highest BCUT2D eigenvalue weighted by Gasteiger charge is 2.07. The van der Waals surface area contributed by atoms with Gasteiger partial charge in [0.2, 0.25) is 5.69 Å². The third kappa shape index (κ3) is 2.10. The Morgan fingerprint density at radius 1 is 1.43 bits per heavy atom. The van der Waals surface area contributed by atoms with Gasteiger partial charge >= 0.3 is 0 Å². The molecular weight excluding hydrogens is 172 g/mol. The quantitative estimate of drug-likeness (QED) is 0.335. The number of hydrazine groups is 1. The van der Waals surface area contributed by atoms with E-state index in [1.54, 1.807) is 6.08 Å². The van der Waals surface area contributed by atoms with Gasteiger partial charge in [-0.1, -0.05) is 29.5 Å². The molecule has 0 amide bonds.